The molecule has 2 rings (SSSR count). The second kappa shape index (κ2) is 9.33. The van der Waals surface area contributed by atoms with E-state index in [1.807, 2.05) is 17.1 Å². The molecule has 22 heavy (non-hydrogen) atoms. The number of hydrogen-bond acceptors (Lipinski definition) is 4. The first-order chi connectivity index (χ1) is 10.1. The van der Waals surface area contributed by atoms with Crippen molar-refractivity contribution in [2.75, 3.05) is 25.4 Å². The van der Waals surface area contributed by atoms with E-state index in [-0.39, 0.29) is 26.3 Å². The average Bonchev–Trinajstić information content (AvgIpc) is 2.49. The number of amides is 1. The van der Waals surface area contributed by atoms with Crippen LogP contribution in [0.25, 0.3) is 0 Å². The van der Waals surface area contributed by atoms with Crippen LogP contribution in [0.5, 0.6) is 0 Å². The van der Waals surface area contributed by atoms with Gasteiger partial charge in [0.15, 0.2) is 0 Å². The van der Waals surface area contributed by atoms with E-state index >= 15 is 0 Å². The smallest absolute Gasteiger partial charge is 0.335 e. The largest absolute Gasteiger partial charge is 0.478 e. The van der Waals surface area contributed by atoms with Gasteiger partial charge in [-0.1, -0.05) is 23.9 Å². The zero-order valence-electron chi connectivity index (χ0n) is 12.2. The molecule has 1 amide bonds. The number of hydrazine groups is 1. The molecule has 1 aliphatic rings. The minimum Gasteiger partial charge on any atom is -0.478 e. The summed E-state index contributed by atoms with van der Waals surface area (Å²) in [4.78, 5) is 22.7. The Labute approximate surface area is 149 Å². The number of carboxylic acids is 1. The van der Waals surface area contributed by atoms with Crippen LogP contribution in [0.2, 0.25) is 0 Å². The number of benzene rings is 1. The number of carbonyl (C=O) groups is 2. The number of nitrogens with zero attached hydrogens (tertiary/aromatic N) is 2. The van der Waals surface area contributed by atoms with Gasteiger partial charge in [0.1, 0.15) is 0 Å². The molecular formula is C15H19N2O3SW-. The molecule has 0 bridgehead atoms. The first kappa shape index (κ1) is 19.2. The van der Waals surface area contributed by atoms with Crippen molar-refractivity contribution in [2.45, 2.75) is 12.8 Å². The molecule has 0 aliphatic carbocycles. The zero-order valence-corrected chi connectivity index (χ0v) is 16.0. The fraction of sp³-hybridized carbons (Fsp3) is 0.400. The van der Waals surface area contributed by atoms with Crippen molar-refractivity contribution < 1.29 is 35.8 Å². The summed E-state index contributed by atoms with van der Waals surface area (Å²) in [6.07, 6.45) is 1.66. The quantitative estimate of drug-likeness (QED) is 0.621. The molecule has 0 unspecified atom stereocenters. The third kappa shape index (κ3) is 5.11. The molecule has 1 heterocycles. The van der Waals surface area contributed by atoms with Gasteiger partial charge in [0.05, 0.1) is 5.56 Å². The van der Waals surface area contributed by atoms with E-state index < -0.39 is 5.97 Å². The summed E-state index contributed by atoms with van der Waals surface area (Å²) in [5, 5.41) is 12.7. The molecular weight excluding hydrogens is 472 g/mol. The Hall–Kier alpha value is -0.842. The van der Waals surface area contributed by atoms with Crippen LogP contribution in [0.15, 0.2) is 24.3 Å². The Morgan fingerprint density at radius 2 is 2.00 bits per heavy atom. The van der Waals surface area contributed by atoms with Gasteiger partial charge in [-0.15, -0.1) is 6.54 Å². The van der Waals surface area contributed by atoms with Crippen molar-refractivity contribution >= 4 is 23.0 Å². The standard InChI is InChI=1S/C15H19N2O3S.W/c1-2-16-10-11-21-15(20)17(16)9-3-4-12-5-7-13(8-6-12)14(18)19;/h5-8H,1-4,9-11H2,(H,18,19);/q-1;. The monoisotopic (exact) mass is 491 g/mol. The Bertz CT molecular complexity index is 510. The molecule has 1 N–H and O–H groups in total. The minimum atomic E-state index is -0.913. The van der Waals surface area contributed by atoms with Gasteiger partial charge in [0.2, 0.25) is 0 Å². The van der Waals surface area contributed by atoms with E-state index in [2.05, 4.69) is 6.92 Å². The molecule has 1 saturated heterocycles. The van der Waals surface area contributed by atoms with E-state index in [4.69, 9.17) is 5.11 Å². The Balaban J connectivity index is 0.00000242. The van der Waals surface area contributed by atoms with Gasteiger partial charge in [0, 0.05) is 39.9 Å². The fourth-order valence-corrected chi connectivity index (χ4v) is 3.09. The Kier molecular flexibility index (Phi) is 8.15. The van der Waals surface area contributed by atoms with Crippen molar-refractivity contribution in [2.24, 2.45) is 0 Å². The Morgan fingerprint density at radius 1 is 1.32 bits per heavy atom. The third-order valence-corrected chi connectivity index (χ3v) is 4.27. The van der Waals surface area contributed by atoms with Crippen LogP contribution in [-0.2, 0) is 27.5 Å². The van der Waals surface area contributed by atoms with Gasteiger partial charge in [-0.25, -0.2) is 9.80 Å². The fourth-order valence-electron chi connectivity index (χ4n) is 2.26. The zero-order chi connectivity index (χ0) is 15.2. The molecule has 7 heteroatoms. The van der Waals surface area contributed by atoms with Gasteiger partial charge < -0.3 is 12.0 Å². The number of carbonyl (C=O) groups excluding carboxylic acids is 1. The van der Waals surface area contributed by atoms with Gasteiger partial charge in [-0.05, 0) is 30.5 Å². The summed E-state index contributed by atoms with van der Waals surface area (Å²) in [6.45, 7) is 5.97. The van der Waals surface area contributed by atoms with E-state index in [0.29, 0.717) is 18.7 Å². The first-order valence-electron chi connectivity index (χ1n) is 6.92. The molecule has 1 aromatic carbocycles. The van der Waals surface area contributed by atoms with Gasteiger partial charge in [0.25, 0.3) is 5.24 Å². The van der Waals surface area contributed by atoms with Gasteiger partial charge in [-0.3, -0.25) is 9.80 Å². The van der Waals surface area contributed by atoms with Crippen molar-refractivity contribution in [1.82, 2.24) is 10.0 Å². The van der Waals surface area contributed by atoms with Crippen molar-refractivity contribution in [3.8, 4) is 0 Å². The predicted molar refractivity (Wildman–Crippen MR) is 83.2 cm³/mol. The summed E-state index contributed by atoms with van der Waals surface area (Å²) in [7, 11) is 0. The van der Waals surface area contributed by atoms with Crippen molar-refractivity contribution in [3.05, 3.63) is 42.3 Å². The van der Waals surface area contributed by atoms with Gasteiger partial charge in [-0.2, -0.15) is 0 Å². The van der Waals surface area contributed by atoms with Crippen LogP contribution in [0.1, 0.15) is 22.3 Å². The molecule has 120 valence electrons. The van der Waals surface area contributed by atoms with Crippen molar-refractivity contribution in [1.29, 1.82) is 0 Å². The number of aromatic carboxylic acids is 1. The van der Waals surface area contributed by atoms with E-state index in [0.717, 1.165) is 30.7 Å². The maximum Gasteiger partial charge on any atom is 0.335 e. The van der Waals surface area contributed by atoms with Crippen LogP contribution in [0, 0.1) is 6.92 Å². The summed E-state index contributed by atoms with van der Waals surface area (Å²) < 4.78 is 0. The molecule has 0 saturated carbocycles. The van der Waals surface area contributed by atoms with Crippen LogP contribution in [0.4, 0.5) is 4.79 Å². The normalized spacial score (nSPS) is 15.5. The second-order valence-electron chi connectivity index (χ2n) is 4.80. The van der Waals surface area contributed by atoms with Gasteiger partial charge >= 0.3 is 5.97 Å². The number of thioether (sulfide) groups is 1. The van der Waals surface area contributed by atoms with E-state index in [1.54, 1.807) is 17.1 Å². The number of aryl methyl sites for hydroxylation is 1. The molecule has 1 aliphatic heterocycles. The molecule has 0 radical (unpaired) electrons. The second-order valence-corrected chi connectivity index (χ2v) is 5.84. The first-order valence-corrected chi connectivity index (χ1v) is 7.91. The number of rotatable bonds is 6. The minimum absolute atomic E-state index is 0. The topological polar surface area (TPSA) is 60.9 Å². The summed E-state index contributed by atoms with van der Waals surface area (Å²) >= 11 is 1.35. The van der Waals surface area contributed by atoms with E-state index in [9.17, 15) is 9.59 Å². The average molecular weight is 491 g/mol. The van der Waals surface area contributed by atoms with E-state index in [1.165, 1.54) is 11.8 Å². The maximum atomic E-state index is 11.9. The van der Waals surface area contributed by atoms with Crippen LogP contribution in [0.3, 0.4) is 0 Å². The molecule has 0 aromatic heterocycles. The van der Waals surface area contributed by atoms with Crippen molar-refractivity contribution in [3.63, 3.8) is 0 Å². The SMILES string of the molecule is [CH2-]CN1CCSC(=O)N1CCCc1ccc(C(=O)O)cc1.[W]. The van der Waals surface area contributed by atoms with Crippen LogP contribution >= 0.6 is 11.8 Å². The predicted octanol–water partition coefficient (Wildman–Crippen LogP) is 2.53. The number of carboxylic acid groups (broad SMARTS) is 1. The summed E-state index contributed by atoms with van der Waals surface area (Å²) in [6, 6.07) is 6.88. The molecule has 5 nitrogen and oxygen atoms in total. The Morgan fingerprint density at radius 3 is 2.59 bits per heavy atom. The maximum absolute atomic E-state index is 11.9. The summed E-state index contributed by atoms with van der Waals surface area (Å²) in [5.41, 5.74) is 1.38. The molecule has 1 fully saturated rings. The molecule has 0 atom stereocenters. The summed E-state index contributed by atoms with van der Waals surface area (Å²) in [5.74, 6) is -0.0924. The van der Waals surface area contributed by atoms with Crippen LogP contribution < -0.4 is 0 Å². The third-order valence-electron chi connectivity index (χ3n) is 3.42. The molecule has 1 aromatic rings. The number of hydrogen-bond donors (Lipinski definition) is 1. The van der Waals surface area contributed by atoms with Crippen LogP contribution in [-0.4, -0.2) is 51.7 Å². The molecule has 0 spiro atoms.